The molecule has 0 radical (unpaired) electrons. The van der Waals surface area contributed by atoms with Crippen molar-refractivity contribution >= 4 is 23.5 Å². The van der Waals surface area contributed by atoms with Crippen LogP contribution in [-0.4, -0.2) is 44.4 Å². The minimum Gasteiger partial charge on any atom is -0.509 e. The Morgan fingerprint density at radius 2 is 1.20 bits per heavy atom. The molecule has 2 aromatic carbocycles. The van der Waals surface area contributed by atoms with Crippen LogP contribution in [0.2, 0.25) is 0 Å². The number of aryl methyl sites for hydroxylation is 4. The number of thioether (sulfide) groups is 2. The molecule has 2 fully saturated rings. The molecule has 0 heterocycles. The van der Waals surface area contributed by atoms with Gasteiger partial charge in [0.2, 0.25) is 0 Å². The maximum atomic E-state index is 11.1. The Bertz CT molecular complexity index is 1280. The van der Waals surface area contributed by atoms with E-state index < -0.39 is 5.60 Å². The molecular weight excluding hydrogens is 597 g/mol. The SMILES string of the molecule is C/C(O)=C(\CSC1CCCCC1)Oc1c(C)cc(C(C)(C)c2cc(C)c(OCC(C)(O)CSC3CCCCC3)c(C)c2)cc1C.[HH].[HH]. The number of rotatable bonds is 13. The van der Waals surface area contributed by atoms with E-state index in [1.165, 1.54) is 75.3 Å². The lowest BCUT2D eigenvalue weighted by molar-refractivity contribution is 0.0322. The maximum Gasteiger partial charge on any atom is 0.151 e. The summed E-state index contributed by atoms with van der Waals surface area (Å²) in [7, 11) is 0. The molecule has 2 aliphatic rings. The molecule has 6 heteroatoms. The largest absolute Gasteiger partial charge is 0.509 e. The minimum atomic E-state index is -0.865. The van der Waals surface area contributed by atoms with E-state index >= 15 is 0 Å². The number of allylic oxidation sites excluding steroid dienone is 1. The van der Waals surface area contributed by atoms with Crippen LogP contribution in [0.4, 0.5) is 0 Å². The summed E-state index contributed by atoms with van der Waals surface area (Å²) in [5.41, 5.74) is 5.66. The van der Waals surface area contributed by atoms with Gasteiger partial charge < -0.3 is 19.7 Å². The van der Waals surface area contributed by atoms with Gasteiger partial charge in [0.1, 0.15) is 29.5 Å². The van der Waals surface area contributed by atoms with Gasteiger partial charge in [-0.2, -0.15) is 23.5 Å². The summed E-state index contributed by atoms with van der Waals surface area (Å²) in [6, 6.07) is 8.94. The van der Waals surface area contributed by atoms with Crippen LogP contribution in [0.15, 0.2) is 35.8 Å². The molecule has 0 bridgehead atoms. The Hall–Kier alpha value is -1.76. The highest BCUT2D eigenvalue weighted by Crippen LogP contribution is 2.40. The third-order valence-electron chi connectivity index (χ3n) is 9.70. The first-order valence-electron chi connectivity index (χ1n) is 17.2. The van der Waals surface area contributed by atoms with Crippen LogP contribution in [0.3, 0.4) is 0 Å². The molecule has 2 saturated carbocycles. The van der Waals surface area contributed by atoms with Crippen molar-refractivity contribution in [2.45, 2.75) is 141 Å². The molecule has 0 amide bonds. The zero-order valence-electron chi connectivity index (χ0n) is 29.2. The van der Waals surface area contributed by atoms with Crippen molar-refractivity contribution < 1.29 is 22.5 Å². The highest BCUT2D eigenvalue weighted by molar-refractivity contribution is 8.00. The van der Waals surface area contributed by atoms with Gasteiger partial charge >= 0.3 is 0 Å². The van der Waals surface area contributed by atoms with Gasteiger partial charge in [-0.15, -0.1) is 0 Å². The van der Waals surface area contributed by atoms with Crippen molar-refractivity contribution in [3.63, 3.8) is 0 Å². The van der Waals surface area contributed by atoms with Crippen molar-refractivity contribution in [3.05, 3.63) is 69.2 Å². The summed E-state index contributed by atoms with van der Waals surface area (Å²) in [6.07, 6.45) is 13.0. The van der Waals surface area contributed by atoms with Crippen LogP contribution >= 0.6 is 23.5 Å². The van der Waals surface area contributed by atoms with Gasteiger partial charge in [0.05, 0.1) is 5.75 Å². The Kier molecular flexibility index (Phi) is 12.7. The van der Waals surface area contributed by atoms with Crippen LogP contribution in [-0.2, 0) is 5.41 Å². The first-order chi connectivity index (χ1) is 21.3. The zero-order valence-corrected chi connectivity index (χ0v) is 30.8. The molecule has 0 saturated heterocycles. The Morgan fingerprint density at radius 1 is 0.756 bits per heavy atom. The van der Waals surface area contributed by atoms with Gasteiger partial charge in [0, 0.05) is 24.5 Å². The molecule has 0 aromatic heterocycles. The third kappa shape index (κ3) is 9.87. The Balaban J connectivity index is 0.00000384. The summed E-state index contributed by atoms with van der Waals surface area (Å²) in [4.78, 5) is 0. The molecule has 254 valence electrons. The van der Waals surface area contributed by atoms with E-state index in [0.29, 0.717) is 34.4 Å². The highest BCUT2D eigenvalue weighted by Gasteiger charge is 2.29. The second kappa shape index (κ2) is 15.9. The summed E-state index contributed by atoms with van der Waals surface area (Å²) in [5.74, 6) is 4.04. The van der Waals surface area contributed by atoms with Gasteiger partial charge in [0.25, 0.3) is 0 Å². The van der Waals surface area contributed by atoms with E-state index in [9.17, 15) is 10.2 Å². The lowest BCUT2D eigenvalue weighted by Gasteiger charge is -2.30. The predicted octanol–water partition coefficient (Wildman–Crippen LogP) is 11.2. The number of aliphatic hydroxyl groups is 2. The summed E-state index contributed by atoms with van der Waals surface area (Å²) in [6.45, 7) is 16.9. The quantitative estimate of drug-likeness (QED) is 0.209. The summed E-state index contributed by atoms with van der Waals surface area (Å²) >= 11 is 3.83. The Labute approximate surface area is 285 Å². The Morgan fingerprint density at radius 3 is 1.67 bits per heavy atom. The van der Waals surface area contributed by atoms with Crippen LogP contribution in [0, 0.1) is 27.7 Å². The lowest BCUT2D eigenvalue weighted by atomic mass is 9.76. The maximum absolute atomic E-state index is 11.1. The molecule has 1 atom stereocenters. The number of aliphatic hydroxyl groups excluding tert-OH is 1. The second-order valence-corrected chi connectivity index (χ2v) is 17.1. The van der Waals surface area contributed by atoms with Crippen LogP contribution in [0.1, 0.15) is 128 Å². The molecule has 2 N–H and O–H groups in total. The van der Waals surface area contributed by atoms with Crippen molar-refractivity contribution in [3.8, 4) is 11.5 Å². The van der Waals surface area contributed by atoms with E-state index in [4.69, 9.17) is 9.47 Å². The molecule has 1 unspecified atom stereocenters. The summed E-state index contributed by atoms with van der Waals surface area (Å²) < 4.78 is 12.7. The number of ether oxygens (including phenoxy) is 2. The third-order valence-corrected chi connectivity index (χ3v) is 12.8. The summed E-state index contributed by atoms with van der Waals surface area (Å²) in [5, 5.41) is 22.9. The number of hydrogen-bond donors (Lipinski definition) is 2. The van der Waals surface area contributed by atoms with Crippen molar-refractivity contribution in [1.29, 1.82) is 0 Å². The predicted molar refractivity (Wildman–Crippen MR) is 199 cm³/mol. The molecule has 4 rings (SSSR count). The van der Waals surface area contributed by atoms with Gasteiger partial charge in [-0.05, 0) is 101 Å². The van der Waals surface area contributed by atoms with E-state index in [0.717, 1.165) is 33.8 Å². The zero-order chi connectivity index (χ0) is 32.8. The van der Waals surface area contributed by atoms with Gasteiger partial charge in [-0.25, -0.2) is 0 Å². The fourth-order valence-corrected chi connectivity index (χ4v) is 9.40. The van der Waals surface area contributed by atoms with E-state index in [1.54, 1.807) is 6.92 Å². The normalized spacial score (nSPS) is 18.8. The number of hydrogen-bond acceptors (Lipinski definition) is 6. The number of benzene rings is 2. The minimum absolute atomic E-state index is 0. The van der Waals surface area contributed by atoms with Crippen molar-refractivity contribution in [2.24, 2.45) is 0 Å². The fourth-order valence-electron chi connectivity index (χ4n) is 6.73. The standard InChI is InChI=1S/C39H58O4S2.2H2/c1-26-19-31(20-27(2)36(26)42-24-39(8,41)25-45-34-17-13-10-14-18-34)38(6,7)32-21-28(3)37(29(4)22-32)43-35(30(5)40)23-44-33-15-11-9-12-16-33;;/h19-22,33-34,40-41H,9-18,23-25H2,1-8H3;2*1H/b35-30-;;. The second-order valence-electron chi connectivity index (χ2n) is 14.5. The fraction of sp³-hybridized carbons (Fsp3) is 0.641. The van der Waals surface area contributed by atoms with E-state index in [-0.39, 0.29) is 14.0 Å². The highest BCUT2D eigenvalue weighted by atomic mass is 32.2. The van der Waals surface area contributed by atoms with Crippen molar-refractivity contribution in [2.75, 3.05) is 18.1 Å². The molecular formula is C39H62O4S2. The molecule has 2 aromatic rings. The smallest absolute Gasteiger partial charge is 0.151 e. The van der Waals surface area contributed by atoms with Crippen LogP contribution in [0.25, 0.3) is 0 Å². The van der Waals surface area contributed by atoms with Crippen LogP contribution in [0.5, 0.6) is 11.5 Å². The van der Waals surface area contributed by atoms with Gasteiger partial charge in [-0.1, -0.05) is 76.6 Å². The van der Waals surface area contributed by atoms with Gasteiger partial charge in [0.15, 0.2) is 5.76 Å². The lowest BCUT2D eigenvalue weighted by Crippen LogP contribution is -2.36. The first-order valence-corrected chi connectivity index (χ1v) is 19.2. The molecule has 4 nitrogen and oxygen atoms in total. The van der Waals surface area contributed by atoms with Crippen molar-refractivity contribution in [1.82, 2.24) is 0 Å². The molecule has 0 aliphatic heterocycles. The first kappa shape index (κ1) is 36.1. The molecule has 2 aliphatic carbocycles. The average molecular weight is 659 g/mol. The molecule has 0 spiro atoms. The topological polar surface area (TPSA) is 58.9 Å². The van der Waals surface area contributed by atoms with Crippen LogP contribution < -0.4 is 9.47 Å². The average Bonchev–Trinajstić information content (AvgIpc) is 2.99. The van der Waals surface area contributed by atoms with E-state index in [2.05, 4.69) is 65.8 Å². The van der Waals surface area contributed by atoms with E-state index in [1.807, 2.05) is 30.4 Å². The van der Waals surface area contributed by atoms with Gasteiger partial charge in [-0.3, -0.25) is 0 Å². The molecule has 45 heavy (non-hydrogen) atoms. The monoisotopic (exact) mass is 658 g/mol.